The fourth-order valence-corrected chi connectivity index (χ4v) is 3.38. The molecule has 10 heteroatoms. The van der Waals surface area contributed by atoms with Gasteiger partial charge in [0.05, 0.1) is 5.69 Å². The smallest absolute Gasteiger partial charge is 0.310 e. The van der Waals surface area contributed by atoms with E-state index in [1.807, 2.05) is 0 Å². The Bertz CT molecular complexity index is 845. The molecule has 1 saturated heterocycles. The molecule has 3 amide bonds. The molecule has 0 bridgehead atoms. The van der Waals surface area contributed by atoms with Gasteiger partial charge in [0.25, 0.3) is 5.91 Å². The van der Waals surface area contributed by atoms with Gasteiger partial charge in [0.2, 0.25) is 0 Å². The monoisotopic (exact) mass is 445 g/mol. The Morgan fingerprint density at radius 2 is 1.85 bits per heavy atom. The van der Waals surface area contributed by atoms with Crippen LogP contribution >= 0.6 is 27.7 Å². The first kappa shape index (κ1) is 18.7. The Balaban J connectivity index is 1.76. The van der Waals surface area contributed by atoms with Gasteiger partial charge in [-0.2, -0.15) is 13.2 Å². The second-order valence-electron chi connectivity index (χ2n) is 5.38. The minimum absolute atomic E-state index is 0.0158. The molecule has 0 N–H and O–H groups in total. The zero-order valence-corrected chi connectivity index (χ0v) is 15.4. The molecule has 3 rings (SSSR count). The summed E-state index contributed by atoms with van der Waals surface area (Å²) in [5, 5.41) is 0. The lowest BCUT2D eigenvalue weighted by Crippen LogP contribution is -2.32. The number of pyridine rings is 1. The van der Waals surface area contributed by atoms with Gasteiger partial charge in [-0.05, 0) is 63.6 Å². The van der Waals surface area contributed by atoms with Gasteiger partial charge in [0, 0.05) is 28.3 Å². The van der Waals surface area contributed by atoms with Crippen molar-refractivity contribution < 1.29 is 22.8 Å². The lowest BCUT2D eigenvalue weighted by Gasteiger charge is -2.18. The third kappa shape index (κ3) is 4.18. The Hall–Kier alpha value is -2.07. The van der Waals surface area contributed by atoms with Gasteiger partial charge in [-0.1, -0.05) is 0 Å². The molecule has 1 aromatic carbocycles. The topological polar surface area (TPSA) is 53.5 Å². The van der Waals surface area contributed by atoms with Gasteiger partial charge in [0.1, 0.15) is 6.54 Å². The largest absolute Gasteiger partial charge is 0.446 e. The quantitative estimate of drug-likeness (QED) is 0.516. The first-order valence-corrected chi connectivity index (χ1v) is 8.91. The van der Waals surface area contributed by atoms with E-state index in [9.17, 15) is 22.8 Å². The molecule has 2 heterocycles. The standard InChI is InChI=1S/C16H11BrF3N3O2S/c17-13-7-21-6-5-10(13)8-22-9-14(24)23(15(22)25)11-1-3-12(4-2-11)26-16(18,19)20/h1-7H,8-9H2. The molecular formula is C16H11BrF3N3O2S. The van der Waals surface area contributed by atoms with Crippen LogP contribution in [0.1, 0.15) is 5.56 Å². The molecule has 0 saturated carbocycles. The second-order valence-corrected chi connectivity index (χ2v) is 7.37. The number of carbonyl (C=O) groups excluding carboxylic acids is 2. The number of alkyl halides is 3. The molecule has 0 aliphatic carbocycles. The van der Waals surface area contributed by atoms with E-state index in [1.165, 1.54) is 29.2 Å². The molecular weight excluding hydrogens is 435 g/mol. The van der Waals surface area contributed by atoms with Crippen LogP contribution in [0.25, 0.3) is 0 Å². The highest BCUT2D eigenvalue weighted by atomic mass is 79.9. The highest BCUT2D eigenvalue weighted by Crippen LogP contribution is 2.37. The highest BCUT2D eigenvalue weighted by Gasteiger charge is 2.37. The van der Waals surface area contributed by atoms with Crippen molar-refractivity contribution in [2.24, 2.45) is 0 Å². The molecule has 0 spiro atoms. The number of nitrogens with zero attached hydrogens (tertiary/aromatic N) is 3. The number of imide groups is 1. The van der Waals surface area contributed by atoms with E-state index in [2.05, 4.69) is 20.9 Å². The maximum atomic E-state index is 12.6. The average Bonchev–Trinajstić information content (AvgIpc) is 2.83. The molecule has 1 fully saturated rings. The number of thioether (sulfide) groups is 1. The van der Waals surface area contributed by atoms with Gasteiger partial charge < -0.3 is 4.90 Å². The summed E-state index contributed by atoms with van der Waals surface area (Å²) in [6.07, 6.45) is 3.17. The molecule has 1 aromatic heterocycles. The minimum Gasteiger partial charge on any atom is -0.310 e. The Morgan fingerprint density at radius 3 is 2.46 bits per heavy atom. The summed E-state index contributed by atoms with van der Waals surface area (Å²) < 4.78 is 37.9. The molecule has 0 radical (unpaired) electrons. The van der Waals surface area contributed by atoms with Gasteiger partial charge in [-0.25, -0.2) is 9.69 Å². The van der Waals surface area contributed by atoms with Gasteiger partial charge in [0.15, 0.2) is 0 Å². The van der Waals surface area contributed by atoms with Crippen molar-refractivity contribution >= 4 is 45.3 Å². The second kappa shape index (κ2) is 7.28. The molecule has 26 heavy (non-hydrogen) atoms. The van der Waals surface area contributed by atoms with Crippen molar-refractivity contribution in [3.8, 4) is 0 Å². The van der Waals surface area contributed by atoms with Gasteiger partial charge >= 0.3 is 11.5 Å². The third-order valence-corrected chi connectivity index (χ3v) is 5.04. The summed E-state index contributed by atoms with van der Waals surface area (Å²) in [4.78, 5) is 31.1. The van der Waals surface area contributed by atoms with Crippen molar-refractivity contribution in [2.45, 2.75) is 16.9 Å². The predicted octanol–water partition coefficient (Wildman–Crippen LogP) is 4.42. The fourth-order valence-electron chi connectivity index (χ4n) is 2.46. The van der Waals surface area contributed by atoms with E-state index in [1.54, 1.807) is 18.5 Å². The molecule has 136 valence electrons. The number of carbonyl (C=O) groups is 2. The number of rotatable bonds is 4. The molecule has 0 unspecified atom stereocenters. The summed E-state index contributed by atoms with van der Waals surface area (Å²) in [5.41, 5.74) is -3.36. The Morgan fingerprint density at radius 1 is 1.15 bits per heavy atom. The van der Waals surface area contributed by atoms with E-state index in [0.29, 0.717) is 4.47 Å². The van der Waals surface area contributed by atoms with Crippen LogP contribution in [-0.4, -0.2) is 33.9 Å². The van der Waals surface area contributed by atoms with E-state index < -0.39 is 17.4 Å². The van der Waals surface area contributed by atoms with E-state index in [0.717, 1.165) is 10.5 Å². The summed E-state index contributed by atoms with van der Waals surface area (Å²) >= 11 is 3.08. The lowest BCUT2D eigenvalue weighted by molar-refractivity contribution is -0.116. The number of aromatic nitrogens is 1. The maximum absolute atomic E-state index is 12.6. The summed E-state index contributed by atoms with van der Waals surface area (Å²) in [7, 11) is 0. The zero-order chi connectivity index (χ0) is 18.9. The first-order chi connectivity index (χ1) is 12.2. The predicted molar refractivity (Wildman–Crippen MR) is 93.6 cm³/mol. The molecule has 5 nitrogen and oxygen atoms in total. The van der Waals surface area contributed by atoms with Crippen molar-refractivity contribution in [2.75, 3.05) is 11.4 Å². The number of anilines is 1. The van der Waals surface area contributed by atoms with Crippen molar-refractivity contribution in [3.63, 3.8) is 0 Å². The minimum atomic E-state index is -4.39. The number of amides is 3. The number of hydrogen-bond acceptors (Lipinski definition) is 4. The van der Waals surface area contributed by atoms with Gasteiger partial charge in [-0.15, -0.1) is 0 Å². The lowest BCUT2D eigenvalue weighted by atomic mass is 10.2. The van der Waals surface area contributed by atoms with E-state index >= 15 is 0 Å². The van der Waals surface area contributed by atoms with Crippen molar-refractivity contribution in [1.29, 1.82) is 0 Å². The Kier molecular flexibility index (Phi) is 5.24. The summed E-state index contributed by atoms with van der Waals surface area (Å²) in [5.74, 6) is -0.434. The number of halogens is 4. The van der Waals surface area contributed by atoms with Crippen LogP contribution in [0.3, 0.4) is 0 Å². The number of urea groups is 1. The van der Waals surface area contributed by atoms with Crippen LogP contribution in [0, 0.1) is 0 Å². The SMILES string of the molecule is O=C1CN(Cc2ccncc2Br)C(=O)N1c1ccc(SC(F)(F)F)cc1. The molecule has 2 aromatic rings. The van der Waals surface area contributed by atoms with Crippen LogP contribution in [-0.2, 0) is 11.3 Å². The van der Waals surface area contributed by atoms with Crippen LogP contribution in [0.5, 0.6) is 0 Å². The van der Waals surface area contributed by atoms with Gasteiger partial charge in [-0.3, -0.25) is 9.78 Å². The molecule has 1 aliphatic rings. The normalized spacial score (nSPS) is 15.1. The number of benzene rings is 1. The maximum Gasteiger partial charge on any atom is 0.446 e. The third-order valence-electron chi connectivity index (χ3n) is 3.58. The average molecular weight is 446 g/mol. The van der Waals surface area contributed by atoms with Crippen molar-refractivity contribution in [1.82, 2.24) is 9.88 Å². The summed E-state index contributed by atoms with van der Waals surface area (Å²) in [6.45, 7) is 0.110. The summed E-state index contributed by atoms with van der Waals surface area (Å²) in [6, 6.07) is 6.33. The Labute approximate surface area is 159 Å². The van der Waals surface area contributed by atoms with Crippen LogP contribution in [0.15, 0.2) is 52.1 Å². The molecule has 0 atom stereocenters. The van der Waals surface area contributed by atoms with Crippen LogP contribution < -0.4 is 4.90 Å². The van der Waals surface area contributed by atoms with E-state index in [-0.39, 0.29) is 35.4 Å². The van der Waals surface area contributed by atoms with Crippen LogP contribution in [0.2, 0.25) is 0 Å². The molecule has 1 aliphatic heterocycles. The number of hydrogen-bond donors (Lipinski definition) is 0. The highest BCUT2D eigenvalue weighted by molar-refractivity contribution is 9.10. The van der Waals surface area contributed by atoms with Crippen molar-refractivity contribution in [3.05, 3.63) is 52.8 Å². The first-order valence-electron chi connectivity index (χ1n) is 7.30. The zero-order valence-electron chi connectivity index (χ0n) is 13.0. The van der Waals surface area contributed by atoms with Crippen LogP contribution in [0.4, 0.5) is 23.7 Å². The van der Waals surface area contributed by atoms with E-state index in [4.69, 9.17) is 0 Å². The fraction of sp³-hybridized carbons (Fsp3) is 0.188.